The first-order valence-corrected chi connectivity index (χ1v) is 2.91. The first-order valence-electron chi connectivity index (χ1n) is 2.91. The minimum atomic E-state index is 0.643. The van der Waals surface area contributed by atoms with Crippen LogP contribution in [-0.4, -0.2) is 20.2 Å². The van der Waals surface area contributed by atoms with Crippen LogP contribution in [0.4, 0.5) is 0 Å². The Morgan fingerprint density at radius 1 is 1.30 bits per heavy atom. The third-order valence-corrected chi connectivity index (χ3v) is 0.872. The van der Waals surface area contributed by atoms with Gasteiger partial charge in [-0.25, -0.2) is 4.98 Å². The summed E-state index contributed by atoms with van der Waals surface area (Å²) in [6.07, 6.45) is 6.57. The lowest BCUT2D eigenvalue weighted by Gasteiger charge is -1.74. The molecule has 0 saturated heterocycles. The Balaban J connectivity index is 3.13. The normalized spacial score (nSPS) is 8.50. The highest BCUT2D eigenvalue weighted by Crippen LogP contribution is 1.73. The molecule has 1 aromatic rings. The van der Waals surface area contributed by atoms with Gasteiger partial charge >= 0.3 is 0 Å². The number of hydrogen-bond donors (Lipinski definition) is 1. The second-order valence-corrected chi connectivity index (χ2v) is 1.69. The highest BCUT2D eigenvalue weighted by Gasteiger charge is 1.73. The van der Waals surface area contributed by atoms with Crippen molar-refractivity contribution in [3.63, 3.8) is 0 Å². The van der Waals surface area contributed by atoms with Crippen LogP contribution >= 0.6 is 0 Å². The summed E-state index contributed by atoms with van der Waals surface area (Å²) in [6.45, 7) is 1.78. The predicted octanol–water partition coefficient (Wildman–Crippen LogP) is 0.633. The summed E-state index contributed by atoms with van der Waals surface area (Å²) in [7, 11) is 0. The van der Waals surface area contributed by atoms with Crippen LogP contribution in [-0.2, 0) is 0 Å². The van der Waals surface area contributed by atoms with Gasteiger partial charge in [-0.15, -0.1) is 5.10 Å². The van der Waals surface area contributed by atoms with E-state index in [1.807, 2.05) is 0 Å². The molecule has 1 aromatic heterocycles. The fourth-order valence-electron chi connectivity index (χ4n) is 0.463. The molecule has 0 radical (unpaired) electrons. The molecular formula is C6H8N4. The van der Waals surface area contributed by atoms with E-state index >= 15 is 0 Å². The van der Waals surface area contributed by atoms with E-state index in [2.05, 4.69) is 20.2 Å². The molecule has 0 aliphatic rings. The Kier molecular flexibility index (Phi) is 2.37. The fraction of sp³-hybridized carbons (Fsp3) is 0.167. The number of rotatable bonds is 0. The molecule has 0 bridgehead atoms. The number of aromatic amines is 1. The molecule has 4 heteroatoms. The summed E-state index contributed by atoms with van der Waals surface area (Å²) >= 11 is 0. The second kappa shape index (κ2) is 3.55. The third-order valence-electron chi connectivity index (χ3n) is 0.872. The van der Waals surface area contributed by atoms with Crippen LogP contribution in [0.1, 0.15) is 5.82 Å². The topological polar surface area (TPSA) is 54.5 Å². The van der Waals surface area contributed by atoms with Crippen molar-refractivity contribution in [2.45, 2.75) is 6.92 Å². The lowest BCUT2D eigenvalue weighted by Crippen LogP contribution is -1.80. The molecule has 0 amide bonds. The highest BCUT2D eigenvalue weighted by atomic mass is 15.1. The molecule has 0 aromatic carbocycles. The van der Waals surface area contributed by atoms with Gasteiger partial charge in [0.2, 0.25) is 0 Å². The van der Waals surface area contributed by atoms with Crippen molar-refractivity contribution < 1.29 is 0 Å². The minimum absolute atomic E-state index is 0.643. The summed E-state index contributed by atoms with van der Waals surface area (Å²) in [6, 6.07) is 0. The lowest BCUT2D eigenvalue weighted by atomic mass is 10.7. The Labute approximate surface area is 58.7 Å². The molecule has 0 spiro atoms. The first kappa shape index (κ1) is 6.67. The Bertz CT molecular complexity index is 217. The Morgan fingerprint density at radius 3 is 3.00 bits per heavy atom. The zero-order valence-corrected chi connectivity index (χ0v) is 5.65. The molecule has 0 saturated carbocycles. The zero-order chi connectivity index (χ0) is 7.23. The fourth-order valence-corrected chi connectivity index (χ4v) is 0.463. The van der Waals surface area contributed by atoms with Crippen molar-refractivity contribution >= 4 is 0 Å². The maximum absolute atomic E-state index is 3.92. The number of aryl methyl sites for hydroxylation is 1. The van der Waals surface area contributed by atoms with Gasteiger partial charge in [0.05, 0.1) is 6.20 Å². The molecule has 1 N–H and O–H groups in total. The maximum atomic E-state index is 3.92. The van der Waals surface area contributed by atoms with Crippen molar-refractivity contribution in [2.24, 2.45) is 0 Å². The quantitative estimate of drug-likeness (QED) is 0.569. The molecule has 0 aliphatic heterocycles. The van der Waals surface area contributed by atoms with E-state index < -0.39 is 0 Å². The smallest absolute Gasteiger partial charge is 0.147 e. The molecule has 0 aliphatic carbocycles. The predicted molar refractivity (Wildman–Crippen MR) is 36.5 cm³/mol. The van der Waals surface area contributed by atoms with Crippen LogP contribution in [0.5, 0.6) is 0 Å². The average Bonchev–Trinajstić information content (AvgIpc) is 2.02. The SMILES string of the molecule is Cc1ncc[nH]ccnn1. The molecule has 10 heavy (non-hydrogen) atoms. The van der Waals surface area contributed by atoms with Crippen LogP contribution in [0, 0.1) is 6.92 Å². The van der Waals surface area contributed by atoms with Crippen LogP contribution < -0.4 is 0 Å². The summed E-state index contributed by atoms with van der Waals surface area (Å²) in [5, 5.41) is 7.42. The van der Waals surface area contributed by atoms with E-state index in [1.165, 1.54) is 0 Å². The van der Waals surface area contributed by atoms with Crippen molar-refractivity contribution in [1.82, 2.24) is 20.2 Å². The van der Waals surface area contributed by atoms with Gasteiger partial charge in [-0.1, -0.05) is 0 Å². The molecule has 0 atom stereocenters. The molecule has 1 heterocycles. The summed E-state index contributed by atoms with van der Waals surface area (Å²) < 4.78 is 0. The summed E-state index contributed by atoms with van der Waals surface area (Å²) in [5.41, 5.74) is 0. The van der Waals surface area contributed by atoms with Crippen molar-refractivity contribution in [2.75, 3.05) is 0 Å². The van der Waals surface area contributed by atoms with Gasteiger partial charge in [-0.05, 0) is 6.92 Å². The Morgan fingerprint density at radius 2 is 2.10 bits per heavy atom. The van der Waals surface area contributed by atoms with E-state index in [-0.39, 0.29) is 0 Å². The van der Waals surface area contributed by atoms with Gasteiger partial charge in [-0.2, -0.15) is 5.10 Å². The van der Waals surface area contributed by atoms with Crippen molar-refractivity contribution in [1.29, 1.82) is 0 Å². The number of aromatic nitrogens is 4. The second-order valence-electron chi connectivity index (χ2n) is 1.69. The highest BCUT2D eigenvalue weighted by molar-refractivity contribution is 4.74. The number of hydrogen-bond acceptors (Lipinski definition) is 3. The number of nitrogens with zero attached hydrogens (tertiary/aromatic N) is 3. The number of nitrogens with one attached hydrogen (secondary N) is 1. The van der Waals surface area contributed by atoms with E-state index in [4.69, 9.17) is 0 Å². The van der Waals surface area contributed by atoms with Crippen LogP contribution in [0.2, 0.25) is 0 Å². The van der Waals surface area contributed by atoms with Gasteiger partial charge in [0.15, 0.2) is 0 Å². The molecule has 1 rings (SSSR count). The molecule has 52 valence electrons. The first-order chi connectivity index (χ1) is 4.89. The van der Waals surface area contributed by atoms with Gasteiger partial charge in [0.1, 0.15) is 5.82 Å². The largest absolute Gasteiger partial charge is 0.365 e. The van der Waals surface area contributed by atoms with Crippen LogP contribution in [0.25, 0.3) is 0 Å². The van der Waals surface area contributed by atoms with Crippen molar-refractivity contribution in [3.8, 4) is 0 Å². The van der Waals surface area contributed by atoms with Crippen LogP contribution in [0.3, 0.4) is 0 Å². The molecular weight excluding hydrogens is 128 g/mol. The maximum Gasteiger partial charge on any atom is 0.147 e. The molecule has 4 nitrogen and oxygen atoms in total. The van der Waals surface area contributed by atoms with E-state index in [0.29, 0.717) is 5.82 Å². The van der Waals surface area contributed by atoms with E-state index in [1.54, 1.807) is 31.7 Å². The monoisotopic (exact) mass is 136 g/mol. The summed E-state index contributed by atoms with van der Waals surface area (Å²) in [4.78, 5) is 6.74. The third kappa shape index (κ3) is 2.21. The van der Waals surface area contributed by atoms with E-state index in [0.717, 1.165) is 0 Å². The standard InChI is InChI=1S/C6H8N4/c1-6-8-4-2-7-3-5-9-10-6/h2-5,7H,1H3. The molecule has 0 unspecified atom stereocenters. The van der Waals surface area contributed by atoms with Gasteiger partial charge in [0, 0.05) is 18.6 Å². The lowest BCUT2D eigenvalue weighted by molar-refractivity contribution is 0.944. The average molecular weight is 136 g/mol. The van der Waals surface area contributed by atoms with Gasteiger partial charge < -0.3 is 4.98 Å². The van der Waals surface area contributed by atoms with Gasteiger partial charge in [0.25, 0.3) is 0 Å². The number of H-pyrrole nitrogens is 1. The van der Waals surface area contributed by atoms with Crippen molar-refractivity contribution in [3.05, 3.63) is 30.6 Å². The summed E-state index contributed by atoms with van der Waals surface area (Å²) in [5.74, 6) is 0.643. The minimum Gasteiger partial charge on any atom is -0.365 e. The van der Waals surface area contributed by atoms with Gasteiger partial charge in [-0.3, -0.25) is 0 Å². The van der Waals surface area contributed by atoms with E-state index in [9.17, 15) is 0 Å². The zero-order valence-electron chi connectivity index (χ0n) is 5.65. The Hall–Kier alpha value is -1.45. The molecule has 0 fully saturated rings. The van der Waals surface area contributed by atoms with Crippen LogP contribution in [0.15, 0.2) is 24.8 Å².